The van der Waals surface area contributed by atoms with Crippen molar-refractivity contribution in [3.8, 4) is 0 Å². The molecule has 1 saturated heterocycles. The molecule has 5 rings (SSSR count). The van der Waals surface area contributed by atoms with Crippen molar-refractivity contribution in [3.05, 3.63) is 52.7 Å². The lowest BCUT2D eigenvalue weighted by atomic mass is 9.94. The van der Waals surface area contributed by atoms with E-state index in [-0.39, 0.29) is 23.8 Å². The fourth-order valence-electron chi connectivity index (χ4n) is 4.64. The van der Waals surface area contributed by atoms with Crippen LogP contribution in [0.3, 0.4) is 0 Å². The molecule has 2 amide bonds. The lowest BCUT2D eigenvalue weighted by molar-refractivity contribution is -0.131. The molecule has 1 aliphatic heterocycles. The maximum Gasteiger partial charge on any atom is 0.243 e. The van der Waals surface area contributed by atoms with Crippen LogP contribution >= 0.6 is 11.3 Å². The minimum atomic E-state index is -0.550. The summed E-state index contributed by atoms with van der Waals surface area (Å²) in [5, 5.41) is 7.26. The number of fused-ring (bicyclic) bond motifs is 1. The maximum absolute atomic E-state index is 13.2. The van der Waals surface area contributed by atoms with E-state index in [9.17, 15) is 9.59 Å². The Kier molecular flexibility index (Phi) is 6.50. The summed E-state index contributed by atoms with van der Waals surface area (Å²) >= 11 is 1.70. The number of piperidine rings is 1. The Labute approximate surface area is 204 Å². The highest BCUT2D eigenvalue weighted by molar-refractivity contribution is 7.18. The van der Waals surface area contributed by atoms with Gasteiger partial charge in [0, 0.05) is 36.3 Å². The smallest absolute Gasteiger partial charge is 0.243 e. The molecular weight excluding hydrogens is 446 g/mol. The molecule has 3 heterocycles. The van der Waals surface area contributed by atoms with E-state index in [1.807, 2.05) is 30.3 Å². The minimum Gasteiger partial charge on any atom is -0.356 e. The highest BCUT2D eigenvalue weighted by Crippen LogP contribution is 2.35. The maximum atomic E-state index is 13.2. The summed E-state index contributed by atoms with van der Waals surface area (Å²) in [6.45, 7) is 5.76. The molecule has 8 heteroatoms. The van der Waals surface area contributed by atoms with Crippen molar-refractivity contribution < 1.29 is 9.59 Å². The van der Waals surface area contributed by atoms with Gasteiger partial charge in [0.15, 0.2) is 0 Å². The lowest BCUT2D eigenvalue weighted by Gasteiger charge is -2.33. The molecule has 2 N–H and O–H groups in total. The van der Waals surface area contributed by atoms with Crippen molar-refractivity contribution in [1.29, 1.82) is 0 Å². The Morgan fingerprint density at radius 3 is 2.53 bits per heavy atom. The zero-order valence-electron chi connectivity index (χ0n) is 19.7. The van der Waals surface area contributed by atoms with Gasteiger partial charge in [-0.3, -0.25) is 9.59 Å². The molecule has 1 saturated carbocycles. The molecule has 1 unspecified atom stereocenters. The summed E-state index contributed by atoms with van der Waals surface area (Å²) in [4.78, 5) is 39.6. The van der Waals surface area contributed by atoms with Gasteiger partial charge in [-0.2, -0.15) is 0 Å². The monoisotopic (exact) mass is 477 g/mol. The Balaban J connectivity index is 1.24. The van der Waals surface area contributed by atoms with Crippen molar-refractivity contribution in [2.75, 3.05) is 18.0 Å². The summed E-state index contributed by atoms with van der Waals surface area (Å²) in [5.74, 6) is 0.757. The third-order valence-electron chi connectivity index (χ3n) is 6.95. The number of anilines is 1. The second-order valence-electron chi connectivity index (χ2n) is 9.46. The Morgan fingerprint density at radius 1 is 1.09 bits per heavy atom. The lowest BCUT2D eigenvalue weighted by Crippen LogP contribution is -2.51. The van der Waals surface area contributed by atoms with Crippen molar-refractivity contribution >= 4 is 39.2 Å². The average molecular weight is 478 g/mol. The van der Waals surface area contributed by atoms with E-state index in [0.29, 0.717) is 6.42 Å². The first-order valence-electron chi connectivity index (χ1n) is 12.1. The molecule has 3 aromatic rings. The van der Waals surface area contributed by atoms with Crippen molar-refractivity contribution in [2.24, 2.45) is 5.92 Å². The molecule has 0 bridgehead atoms. The van der Waals surface area contributed by atoms with Crippen LogP contribution < -0.4 is 15.5 Å². The summed E-state index contributed by atoms with van der Waals surface area (Å²) in [6.07, 6.45) is 5.66. The SMILES string of the molecule is Cc1sc2ncnc(N3CCC(C(=O)NC(Cc4ccccc4)C(=O)NC4CC4)CC3)c2c1C. The molecule has 0 radical (unpaired) electrons. The second kappa shape index (κ2) is 9.70. The topological polar surface area (TPSA) is 87.2 Å². The molecule has 0 spiro atoms. The number of nitrogens with one attached hydrogen (secondary N) is 2. The van der Waals surface area contributed by atoms with Gasteiger partial charge in [-0.05, 0) is 50.7 Å². The Bertz CT molecular complexity index is 1180. The van der Waals surface area contributed by atoms with Gasteiger partial charge >= 0.3 is 0 Å². The van der Waals surface area contributed by atoms with Gasteiger partial charge in [0.1, 0.15) is 23.0 Å². The van der Waals surface area contributed by atoms with E-state index in [4.69, 9.17) is 0 Å². The number of carbonyl (C=O) groups excluding carboxylic acids is 2. The van der Waals surface area contributed by atoms with E-state index in [1.165, 1.54) is 10.4 Å². The van der Waals surface area contributed by atoms with Gasteiger partial charge in [-0.1, -0.05) is 30.3 Å². The molecular formula is C26H31N5O2S. The zero-order chi connectivity index (χ0) is 23.7. The van der Waals surface area contributed by atoms with Crippen LogP contribution in [-0.4, -0.2) is 47.0 Å². The van der Waals surface area contributed by atoms with Gasteiger partial charge in [0.25, 0.3) is 0 Å². The summed E-state index contributed by atoms with van der Waals surface area (Å²) in [7, 11) is 0. The normalized spacial score (nSPS) is 17.5. The van der Waals surface area contributed by atoms with Crippen LogP contribution in [0.15, 0.2) is 36.7 Å². The van der Waals surface area contributed by atoms with Crippen LogP contribution in [0.5, 0.6) is 0 Å². The number of benzene rings is 1. The van der Waals surface area contributed by atoms with E-state index in [1.54, 1.807) is 17.7 Å². The first kappa shape index (κ1) is 22.8. The fraction of sp³-hybridized carbons (Fsp3) is 0.462. The zero-order valence-corrected chi connectivity index (χ0v) is 20.5. The number of thiophene rings is 1. The van der Waals surface area contributed by atoms with Crippen LogP contribution in [0.1, 0.15) is 41.7 Å². The largest absolute Gasteiger partial charge is 0.356 e. The average Bonchev–Trinajstić information content (AvgIpc) is 3.62. The number of hydrogen-bond acceptors (Lipinski definition) is 6. The number of hydrogen-bond donors (Lipinski definition) is 2. The Morgan fingerprint density at radius 2 is 1.82 bits per heavy atom. The van der Waals surface area contributed by atoms with Crippen molar-refractivity contribution in [3.63, 3.8) is 0 Å². The standard InChI is InChI=1S/C26H31N5O2S/c1-16-17(2)34-26-22(16)23(27-15-28-26)31-12-10-19(11-13-31)24(32)30-21(25(33)29-20-8-9-20)14-18-6-4-3-5-7-18/h3-7,15,19-21H,8-14H2,1-2H3,(H,29,33)(H,30,32). The van der Waals surface area contributed by atoms with Crippen LogP contribution in [0.25, 0.3) is 10.2 Å². The molecule has 178 valence electrons. The molecule has 1 atom stereocenters. The van der Waals surface area contributed by atoms with Crippen LogP contribution in [0.2, 0.25) is 0 Å². The third kappa shape index (κ3) is 4.92. The number of amides is 2. The van der Waals surface area contributed by atoms with Crippen LogP contribution in [-0.2, 0) is 16.0 Å². The van der Waals surface area contributed by atoms with Crippen LogP contribution in [0.4, 0.5) is 5.82 Å². The molecule has 2 fully saturated rings. The summed E-state index contributed by atoms with van der Waals surface area (Å²) in [6, 6.07) is 9.59. The molecule has 34 heavy (non-hydrogen) atoms. The van der Waals surface area contributed by atoms with E-state index < -0.39 is 6.04 Å². The van der Waals surface area contributed by atoms with Gasteiger partial charge in [0.2, 0.25) is 11.8 Å². The molecule has 2 aliphatic rings. The quantitative estimate of drug-likeness (QED) is 0.544. The summed E-state index contributed by atoms with van der Waals surface area (Å²) in [5.41, 5.74) is 2.28. The fourth-order valence-corrected chi connectivity index (χ4v) is 5.63. The van der Waals surface area contributed by atoms with Crippen LogP contribution in [0, 0.1) is 19.8 Å². The van der Waals surface area contributed by atoms with Crippen molar-refractivity contribution in [1.82, 2.24) is 20.6 Å². The number of aromatic nitrogens is 2. The molecule has 2 aromatic heterocycles. The highest BCUT2D eigenvalue weighted by atomic mass is 32.1. The number of rotatable bonds is 7. The molecule has 1 aromatic carbocycles. The van der Waals surface area contributed by atoms with Crippen molar-refractivity contribution in [2.45, 2.75) is 58.0 Å². The van der Waals surface area contributed by atoms with Gasteiger partial charge in [-0.15, -0.1) is 11.3 Å². The first-order valence-corrected chi connectivity index (χ1v) is 12.9. The minimum absolute atomic E-state index is 0.0260. The summed E-state index contributed by atoms with van der Waals surface area (Å²) < 4.78 is 0. The van der Waals surface area contributed by atoms with Gasteiger partial charge < -0.3 is 15.5 Å². The predicted molar refractivity (Wildman–Crippen MR) is 135 cm³/mol. The number of carbonyl (C=O) groups is 2. The first-order chi connectivity index (χ1) is 16.5. The third-order valence-corrected chi connectivity index (χ3v) is 8.07. The number of aryl methyl sites for hydroxylation is 2. The predicted octanol–water partition coefficient (Wildman–Crippen LogP) is 3.53. The van der Waals surface area contributed by atoms with E-state index >= 15 is 0 Å². The highest BCUT2D eigenvalue weighted by Gasteiger charge is 2.32. The van der Waals surface area contributed by atoms with E-state index in [0.717, 1.165) is 60.4 Å². The number of nitrogens with zero attached hydrogens (tertiary/aromatic N) is 3. The van der Waals surface area contributed by atoms with Gasteiger partial charge in [0.05, 0.1) is 5.39 Å². The second-order valence-corrected chi connectivity index (χ2v) is 10.7. The van der Waals surface area contributed by atoms with Gasteiger partial charge in [-0.25, -0.2) is 9.97 Å². The van der Waals surface area contributed by atoms with E-state index in [2.05, 4.69) is 39.3 Å². The Hall–Kier alpha value is -3.00. The molecule has 1 aliphatic carbocycles. The molecule has 7 nitrogen and oxygen atoms in total.